The van der Waals surface area contributed by atoms with Crippen LogP contribution in [-0.2, 0) is 11.3 Å². The SMILES string of the molecule is CCNC(=O)Nc1cc(CN2CCN(c3ccc(C)nc3)CC2)ncn1.CNC=O. The number of aryl methyl sites for hydroxylation is 1. The van der Waals surface area contributed by atoms with E-state index in [4.69, 9.17) is 4.79 Å². The lowest BCUT2D eigenvalue weighted by molar-refractivity contribution is -0.109. The van der Waals surface area contributed by atoms with Crippen LogP contribution in [0, 0.1) is 6.92 Å². The van der Waals surface area contributed by atoms with E-state index in [0.717, 1.165) is 44.1 Å². The van der Waals surface area contributed by atoms with Gasteiger partial charge in [-0.3, -0.25) is 20.0 Å². The highest BCUT2D eigenvalue weighted by atomic mass is 16.2. The van der Waals surface area contributed by atoms with Gasteiger partial charge in [0, 0.05) is 58.1 Å². The fraction of sp³-hybridized carbons (Fsp3) is 0.450. The molecule has 3 rings (SSSR count). The fourth-order valence-corrected chi connectivity index (χ4v) is 2.91. The number of aromatic nitrogens is 3. The predicted octanol–water partition coefficient (Wildman–Crippen LogP) is 1.01. The Morgan fingerprint density at radius 2 is 1.90 bits per heavy atom. The molecule has 1 aliphatic heterocycles. The molecule has 0 spiro atoms. The minimum Gasteiger partial charge on any atom is -0.368 e. The minimum atomic E-state index is -0.252. The van der Waals surface area contributed by atoms with Crippen molar-refractivity contribution in [2.75, 3.05) is 50.0 Å². The standard InChI is InChI=1S/C18H25N7O.C2H5NO/c1-3-19-18(26)23-17-10-15(21-13-22-17)12-24-6-8-25(9-7-24)16-5-4-14(2)20-11-16;1-3-2-4/h4-5,10-11,13H,3,6-9,12H2,1-2H3,(H2,19,21,22,23,26);2H,1H3,(H,3,4). The quantitative estimate of drug-likeness (QED) is 0.604. The number of nitrogens with one attached hydrogen (secondary N) is 3. The molecule has 0 unspecified atom stereocenters. The molecule has 0 aliphatic carbocycles. The highest BCUT2D eigenvalue weighted by Crippen LogP contribution is 2.16. The number of nitrogens with zero attached hydrogens (tertiary/aromatic N) is 5. The van der Waals surface area contributed by atoms with Crippen LogP contribution in [0.25, 0.3) is 0 Å². The van der Waals surface area contributed by atoms with Gasteiger partial charge in [0.25, 0.3) is 0 Å². The first-order chi connectivity index (χ1) is 14.5. The minimum absolute atomic E-state index is 0.252. The van der Waals surface area contributed by atoms with E-state index in [2.05, 4.69) is 46.8 Å². The highest BCUT2D eigenvalue weighted by Gasteiger charge is 2.18. The summed E-state index contributed by atoms with van der Waals surface area (Å²) in [5.74, 6) is 0.519. The second-order valence-corrected chi connectivity index (χ2v) is 6.71. The first-order valence-corrected chi connectivity index (χ1v) is 9.92. The summed E-state index contributed by atoms with van der Waals surface area (Å²) in [6, 6.07) is 5.75. The van der Waals surface area contributed by atoms with E-state index in [-0.39, 0.29) is 6.03 Å². The van der Waals surface area contributed by atoms with Crippen LogP contribution in [0.15, 0.2) is 30.7 Å². The van der Waals surface area contributed by atoms with Crippen molar-refractivity contribution in [1.82, 2.24) is 30.5 Å². The van der Waals surface area contributed by atoms with Gasteiger partial charge in [-0.1, -0.05) is 0 Å². The van der Waals surface area contributed by atoms with Gasteiger partial charge in [0.1, 0.15) is 12.1 Å². The van der Waals surface area contributed by atoms with E-state index in [1.165, 1.54) is 12.0 Å². The van der Waals surface area contributed by atoms with E-state index in [0.29, 0.717) is 18.8 Å². The summed E-state index contributed by atoms with van der Waals surface area (Å²) < 4.78 is 0. The van der Waals surface area contributed by atoms with Crippen molar-refractivity contribution in [2.45, 2.75) is 20.4 Å². The predicted molar refractivity (Wildman–Crippen MR) is 116 cm³/mol. The highest BCUT2D eigenvalue weighted by molar-refractivity contribution is 5.88. The maximum absolute atomic E-state index is 11.6. The van der Waals surface area contributed by atoms with E-state index in [1.54, 1.807) is 7.05 Å². The van der Waals surface area contributed by atoms with E-state index >= 15 is 0 Å². The Morgan fingerprint density at radius 3 is 2.50 bits per heavy atom. The topological polar surface area (TPSA) is 115 Å². The third-order valence-corrected chi connectivity index (χ3v) is 4.44. The molecule has 1 aliphatic rings. The van der Waals surface area contributed by atoms with Gasteiger partial charge in [0.15, 0.2) is 0 Å². The monoisotopic (exact) mass is 414 g/mol. The smallest absolute Gasteiger partial charge is 0.320 e. The van der Waals surface area contributed by atoms with Gasteiger partial charge in [-0.25, -0.2) is 14.8 Å². The fourth-order valence-electron chi connectivity index (χ4n) is 2.91. The molecule has 3 heterocycles. The number of urea groups is 1. The molecular formula is C20H30N8O2. The summed E-state index contributed by atoms with van der Waals surface area (Å²) in [5, 5.41) is 7.66. The lowest BCUT2D eigenvalue weighted by Gasteiger charge is -2.35. The normalized spacial score (nSPS) is 13.6. The van der Waals surface area contributed by atoms with Crippen molar-refractivity contribution in [3.63, 3.8) is 0 Å². The van der Waals surface area contributed by atoms with Gasteiger partial charge >= 0.3 is 6.03 Å². The third kappa shape index (κ3) is 7.63. The summed E-state index contributed by atoms with van der Waals surface area (Å²) in [5.41, 5.74) is 3.11. The molecule has 10 nitrogen and oxygen atoms in total. The average Bonchev–Trinajstić information content (AvgIpc) is 2.75. The summed E-state index contributed by atoms with van der Waals surface area (Å²) >= 11 is 0. The van der Waals surface area contributed by atoms with Crippen molar-refractivity contribution in [3.8, 4) is 0 Å². The number of hydrogen-bond acceptors (Lipinski definition) is 7. The van der Waals surface area contributed by atoms with Crippen LogP contribution in [-0.4, -0.2) is 72.1 Å². The van der Waals surface area contributed by atoms with Gasteiger partial charge in [0.05, 0.1) is 17.6 Å². The number of pyridine rings is 1. The van der Waals surface area contributed by atoms with Crippen molar-refractivity contribution in [2.24, 2.45) is 0 Å². The van der Waals surface area contributed by atoms with Gasteiger partial charge in [-0.2, -0.15) is 0 Å². The van der Waals surface area contributed by atoms with Crippen molar-refractivity contribution >= 4 is 23.9 Å². The van der Waals surface area contributed by atoms with Crippen molar-refractivity contribution in [3.05, 3.63) is 42.1 Å². The molecule has 1 saturated heterocycles. The number of anilines is 2. The summed E-state index contributed by atoms with van der Waals surface area (Å²) in [4.78, 5) is 38.2. The van der Waals surface area contributed by atoms with Gasteiger partial charge < -0.3 is 15.5 Å². The molecule has 0 atom stereocenters. The van der Waals surface area contributed by atoms with Gasteiger partial charge in [0.2, 0.25) is 6.41 Å². The Labute approximate surface area is 177 Å². The lowest BCUT2D eigenvalue weighted by atomic mass is 10.2. The molecule has 162 valence electrons. The summed E-state index contributed by atoms with van der Waals surface area (Å²) in [6.45, 7) is 9.01. The van der Waals surface area contributed by atoms with E-state index in [9.17, 15) is 4.79 Å². The first-order valence-electron chi connectivity index (χ1n) is 9.92. The van der Waals surface area contributed by atoms with Gasteiger partial charge in [-0.05, 0) is 26.0 Å². The Balaban J connectivity index is 0.000000735. The van der Waals surface area contributed by atoms with Crippen LogP contribution in [0.2, 0.25) is 0 Å². The maximum atomic E-state index is 11.6. The Hall–Kier alpha value is -3.27. The molecular weight excluding hydrogens is 384 g/mol. The Morgan fingerprint density at radius 1 is 1.17 bits per heavy atom. The molecule has 30 heavy (non-hydrogen) atoms. The maximum Gasteiger partial charge on any atom is 0.320 e. The number of carbonyl (C=O) groups is 2. The number of carbonyl (C=O) groups excluding carboxylic acids is 2. The largest absolute Gasteiger partial charge is 0.368 e. The van der Waals surface area contributed by atoms with Crippen molar-refractivity contribution < 1.29 is 9.59 Å². The third-order valence-electron chi connectivity index (χ3n) is 4.44. The molecule has 2 aromatic rings. The summed E-state index contributed by atoms with van der Waals surface area (Å²) in [7, 11) is 1.56. The molecule has 1 fully saturated rings. The van der Waals surface area contributed by atoms with Crippen molar-refractivity contribution in [1.29, 1.82) is 0 Å². The van der Waals surface area contributed by atoms with Crippen LogP contribution < -0.4 is 20.9 Å². The summed E-state index contributed by atoms with van der Waals surface area (Å²) in [6.07, 6.45) is 4.06. The zero-order valence-corrected chi connectivity index (χ0v) is 17.8. The second kappa shape index (κ2) is 12.3. The lowest BCUT2D eigenvalue weighted by Crippen LogP contribution is -2.46. The zero-order chi connectivity index (χ0) is 21.8. The average molecular weight is 415 g/mol. The van der Waals surface area contributed by atoms with Crippen LogP contribution in [0.5, 0.6) is 0 Å². The molecule has 0 aromatic carbocycles. The number of hydrogen-bond donors (Lipinski definition) is 3. The Kier molecular flexibility index (Phi) is 9.46. The zero-order valence-electron chi connectivity index (χ0n) is 17.8. The molecule has 2 aromatic heterocycles. The number of amides is 3. The molecule has 0 bridgehead atoms. The van der Waals surface area contributed by atoms with Crippen LogP contribution in [0.3, 0.4) is 0 Å². The molecule has 3 N–H and O–H groups in total. The van der Waals surface area contributed by atoms with Crippen LogP contribution in [0.4, 0.5) is 16.3 Å². The van der Waals surface area contributed by atoms with Crippen LogP contribution in [0.1, 0.15) is 18.3 Å². The Bertz CT molecular complexity index is 792. The number of piperazine rings is 1. The first kappa shape index (κ1) is 23.0. The second-order valence-electron chi connectivity index (χ2n) is 6.71. The molecule has 0 saturated carbocycles. The van der Waals surface area contributed by atoms with E-state index < -0.39 is 0 Å². The van der Waals surface area contributed by atoms with Gasteiger partial charge in [-0.15, -0.1) is 0 Å². The molecule has 3 amide bonds. The van der Waals surface area contributed by atoms with Crippen LogP contribution >= 0.6 is 0 Å². The molecule has 0 radical (unpaired) electrons. The van der Waals surface area contributed by atoms with E-state index in [1.807, 2.05) is 32.2 Å². The molecule has 10 heteroatoms. The number of rotatable bonds is 6.